The van der Waals surface area contributed by atoms with Crippen LogP contribution in [0.1, 0.15) is 38.2 Å². The van der Waals surface area contributed by atoms with Gasteiger partial charge in [0.1, 0.15) is 11.6 Å². The van der Waals surface area contributed by atoms with E-state index < -0.39 is 0 Å². The molecule has 0 N–H and O–H groups in total. The van der Waals surface area contributed by atoms with Crippen molar-refractivity contribution in [3.63, 3.8) is 0 Å². The summed E-state index contributed by atoms with van der Waals surface area (Å²) in [6.07, 6.45) is 3.18. The molecular formula is C17H28N4O. The van der Waals surface area contributed by atoms with Crippen molar-refractivity contribution in [2.24, 2.45) is 0 Å². The van der Waals surface area contributed by atoms with Crippen LogP contribution in [0.25, 0.3) is 0 Å². The first kappa shape index (κ1) is 15.7. The van der Waals surface area contributed by atoms with Crippen molar-refractivity contribution in [3.8, 4) is 0 Å². The summed E-state index contributed by atoms with van der Waals surface area (Å²) >= 11 is 0. The van der Waals surface area contributed by atoms with Gasteiger partial charge in [-0.3, -0.25) is 4.90 Å². The number of aromatic nitrogens is 2. The second-order valence-corrected chi connectivity index (χ2v) is 6.88. The Hall–Kier alpha value is -1.20. The fraction of sp³-hybridized carbons (Fsp3) is 0.765. The monoisotopic (exact) mass is 304 g/mol. The summed E-state index contributed by atoms with van der Waals surface area (Å²) < 4.78 is 5.85. The van der Waals surface area contributed by atoms with Gasteiger partial charge < -0.3 is 9.64 Å². The maximum Gasteiger partial charge on any atom is 0.132 e. The Morgan fingerprint density at radius 3 is 2.59 bits per heavy atom. The second-order valence-electron chi connectivity index (χ2n) is 6.88. The van der Waals surface area contributed by atoms with Gasteiger partial charge in [0.05, 0.1) is 12.2 Å². The van der Waals surface area contributed by atoms with Crippen molar-refractivity contribution in [2.45, 2.75) is 58.8 Å². The molecule has 0 bridgehead atoms. The van der Waals surface area contributed by atoms with Crippen molar-refractivity contribution < 1.29 is 4.74 Å². The molecule has 2 fully saturated rings. The van der Waals surface area contributed by atoms with E-state index in [1.165, 1.54) is 12.8 Å². The van der Waals surface area contributed by atoms with Gasteiger partial charge in [0.15, 0.2) is 0 Å². The van der Waals surface area contributed by atoms with E-state index in [0.29, 0.717) is 18.2 Å². The summed E-state index contributed by atoms with van der Waals surface area (Å²) in [5.41, 5.74) is 1.06. The first-order valence-corrected chi connectivity index (χ1v) is 8.48. The highest BCUT2D eigenvalue weighted by molar-refractivity contribution is 5.42. The first-order valence-electron chi connectivity index (χ1n) is 8.48. The van der Waals surface area contributed by atoms with Gasteiger partial charge in [0.2, 0.25) is 0 Å². The quantitative estimate of drug-likeness (QED) is 0.856. The fourth-order valence-corrected chi connectivity index (χ4v) is 3.90. The van der Waals surface area contributed by atoms with Crippen molar-refractivity contribution in [3.05, 3.63) is 17.6 Å². The maximum atomic E-state index is 5.85. The van der Waals surface area contributed by atoms with E-state index in [4.69, 9.17) is 4.74 Å². The lowest BCUT2D eigenvalue weighted by atomic mass is 10.1. The molecule has 0 radical (unpaired) electrons. The SMILES string of the molecule is Cc1cc(N2CCCC2CN2CC(C)OC(C)C2)nc(C)n1. The smallest absolute Gasteiger partial charge is 0.132 e. The van der Waals surface area contributed by atoms with Crippen molar-refractivity contribution >= 4 is 5.82 Å². The van der Waals surface area contributed by atoms with Gasteiger partial charge in [0.25, 0.3) is 0 Å². The number of aryl methyl sites for hydroxylation is 2. The minimum Gasteiger partial charge on any atom is -0.373 e. The summed E-state index contributed by atoms with van der Waals surface area (Å²) in [6.45, 7) is 12.7. The van der Waals surface area contributed by atoms with Crippen molar-refractivity contribution in [1.82, 2.24) is 14.9 Å². The van der Waals surface area contributed by atoms with Gasteiger partial charge in [-0.15, -0.1) is 0 Å². The van der Waals surface area contributed by atoms with Gasteiger partial charge >= 0.3 is 0 Å². The summed E-state index contributed by atoms with van der Waals surface area (Å²) in [5, 5.41) is 0. The zero-order valence-corrected chi connectivity index (χ0v) is 14.2. The van der Waals surface area contributed by atoms with Crippen LogP contribution in [0.5, 0.6) is 0 Å². The van der Waals surface area contributed by atoms with Crippen LogP contribution in [0.15, 0.2) is 6.07 Å². The minimum absolute atomic E-state index is 0.335. The zero-order valence-electron chi connectivity index (χ0n) is 14.2. The van der Waals surface area contributed by atoms with Crippen LogP contribution < -0.4 is 4.90 Å². The number of anilines is 1. The van der Waals surface area contributed by atoms with Crippen LogP contribution in [-0.4, -0.2) is 59.3 Å². The van der Waals surface area contributed by atoms with Crippen LogP contribution >= 0.6 is 0 Å². The van der Waals surface area contributed by atoms with Gasteiger partial charge in [-0.25, -0.2) is 9.97 Å². The molecular weight excluding hydrogens is 276 g/mol. The first-order chi connectivity index (χ1) is 10.5. The Balaban J connectivity index is 1.70. The minimum atomic E-state index is 0.335. The topological polar surface area (TPSA) is 41.5 Å². The number of morpholine rings is 1. The van der Waals surface area contributed by atoms with E-state index in [2.05, 4.69) is 46.6 Å². The molecule has 0 amide bonds. The third-order valence-electron chi connectivity index (χ3n) is 4.59. The Labute approximate surface area is 133 Å². The second kappa shape index (κ2) is 6.50. The summed E-state index contributed by atoms with van der Waals surface area (Å²) in [7, 11) is 0. The van der Waals surface area contributed by atoms with Crippen LogP contribution in [0, 0.1) is 13.8 Å². The predicted octanol–water partition coefficient (Wildman–Crippen LogP) is 2.17. The normalized spacial score (nSPS) is 30.0. The van der Waals surface area contributed by atoms with Gasteiger partial charge in [-0.1, -0.05) is 0 Å². The molecule has 3 atom stereocenters. The highest BCUT2D eigenvalue weighted by Crippen LogP contribution is 2.26. The number of hydrogen-bond donors (Lipinski definition) is 0. The number of rotatable bonds is 3. The molecule has 3 unspecified atom stereocenters. The van der Waals surface area contributed by atoms with Gasteiger partial charge in [0, 0.05) is 44.0 Å². The molecule has 0 saturated carbocycles. The largest absolute Gasteiger partial charge is 0.373 e. The Kier molecular flexibility index (Phi) is 4.64. The van der Waals surface area contributed by atoms with Crippen LogP contribution in [0.4, 0.5) is 5.82 Å². The maximum absolute atomic E-state index is 5.85. The van der Waals surface area contributed by atoms with Crippen LogP contribution in [0.3, 0.4) is 0 Å². The van der Waals surface area contributed by atoms with Gasteiger partial charge in [-0.2, -0.15) is 0 Å². The summed E-state index contributed by atoms with van der Waals surface area (Å²) in [6, 6.07) is 2.68. The van der Waals surface area contributed by atoms with Crippen molar-refractivity contribution in [2.75, 3.05) is 31.1 Å². The van der Waals surface area contributed by atoms with E-state index in [0.717, 1.165) is 43.5 Å². The molecule has 2 aliphatic rings. The number of hydrogen-bond acceptors (Lipinski definition) is 5. The molecule has 5 nitrogen and oxygen atoms in total. The van der Waals surface area contributed by atoms with E-state index in [1.807, 2.05) is 6.92 Å². The molecule has 0 aliphatic carbocycles. The summed E-state index contributed by atoms with van der Waals surface area (Å²) in [4.78, 5) is 14.1. The molecule has 3 rings (SSSR count). The van der Waals surface area contributed by atoms with Crippen molar-refractivity contribution in [1.29, 1.82) is 0 Å². The lowest BCUT2D eigenvalue weighted by Gasteiger charge is -2.38. The average molecular weight is 304 g/mol. The average Bonchev–Trinajstić information content (AvgIpc) is 2.84. The Morgan fingerprint density at radius 2 is 1.91 bits per heavy atom. The molecule has 1 aromatic heterocycles. The summed E-state index contributed by atoms with van der Waals surface area (Å²) in [5.74, 6) is 1.97. The lowest BCUT2D eigenvalue weighted by Crippen LogP contribution is -2.50. The third-order valence-corrected chi connectivity index (χ3v) is 4.59. The number of nitrogens with zero attached hydrogens (tertiary/aromatic N) is 4. The fourth-order valence-electron chi connectivity index (χ4n) is 3.90. The predicted molar refractivity (Wildman–Crippen MR) is 88.3 cm³/mol. The molecule has 3 heterocycles. The van der Waals surface area contributed by atoms with E-state index >= 15 is 0 Å². The zero-order chi connectivity index (χ0) is 15.7. The molecule has 2 saturated heterocycles. The van der Waals surface area contributed by atoms with Gasteiger partial charge in [-0.05, 0) is 40.5 Å². The standard InChI is InChI=1S/C17H28N4O/c1-12-8-17(19-15(4)18-12)21-7-5-6-16(21)11-20-9-13(2)22-14(3)10-20/h8,13-14,16H,5-7,9-11H2,1-4H3. The highest BCUT2D eigenvalue weighted by Gasteiger charge is 2.30. The van der Waals surface area contributed by atoms with E-state index in [1.54, 1.807) is 0 Å². The Morgan fingerprint density at radius 1 is 1.18 bits per heavy atom. The third kappa shape index (κ3) is 3.58. The van der Waals surface area contributed by atoms with Crippen LogP contribution in [0.2, 0.25) is 0 Å². The molecule has 5 heteroatoms. The van der Waals surface area contributed by atoms with E-state index in [9.17, 15) is 0 Å². The number of ether oxygens (including phenoxy) is 1. The molecule has 0 spiro atoms. The van der Waals surface area contributed by atoms with E-state index in [-0.39, 0.29) is 0 Å². The highest BCUT2D eigenvalue weighted by atomic mass is 16.5. The lowest BCUT2D eigenvalue weighted by molar-refractivity contribution is -0.0689. The molecule has 1 aromatic rings. The molecule has 122 valence electrons. The Bertz CT molecular complexity index is 491. The molecule has 0 aromatic carbocycles. The van der Waals surface area contributed by atoms with Crippen LogP contribution in [-0.2, 0) is 4.74 Å². The molecule has 2 aliphatic heterocycles. The molecule has 22 heavy (non-hydrogen) atoms.